The first-order valence-corrected chi connectivity index (χ1v) is 11.9. The predicted octanol–water partition coefficient (Wildman–Crippen LogP) is 5.98. The Hall–Kier alpha value is -3.43. The summed E-state index contributed by atoms with van der Waals surface area (Å²) in [6.45, 7) is 2.63. The monoisotopic (exact) mass is 494 g/mol. The summed E-state index contributed by atoms with van der Waals surface area (Å²) in [4.78, 5) is 7.84. The van der Waals surface area contributed by atoms with Crippen molar-refractivity contribution in [3.63, 3.8) is 0 Å². The van der Waals surface area contributed by atoms with Crippen LogP contribution in [0.2, 0.25) is 0 Å². The largest absolute Gasteiger partial charge is 0.351 e. The van der Waals surface area contributed by atoms with Gasteiger partial charge in [0.1, 0.15) is 11.6 Å². The van der Waals surface area contributed by atoms with Crippen molar-refractivity contribution in [1.29, 1.82) is 0 Å². The highest BCUT2D eigenvalue weighted by molar-refractivity contribution is 7.80. The summed E-state index contributed by atoms with van der Waals surface area (Å²) in [7, 11) is 0. The Bertz CT molecular complexity index is 1350. The van der Waals surface area contributed by atoms with Crippen LogP contribution in [0.3, 0.4) is 0 Å². The molecule has 1 unspecified atom stereocenters. The molecular weight excluding hydrogens is 474 g/mol. The molecule has 0 saturated heterocycles. The summed E-state index contributed by atoms with van der Waals surface area (Å²) in [6.07, 6.45) is 0.823. The number of nitrogens with one attached hydrogen (secondary N) is 1. The van der Waals surface area contributed by atoms with Crippen molar-refractivity contribution >= 4 is 34.2 Å². The minimum Gasteiger partial charge on any atom is -0.351 e. The first-order valence-electron chi connectivity index (χ1n) is 10.7. The Kier molecular flexibility index (Phi) is 6.21. The van der Waals surface area contributed by atoms with Crippen molar-refractivity contribution in [3.8, 4) is 11.4 Å². The third-order valence-electron chi connectivity index (χ3n) is 5.70. The minimum atomic E-state index is -0.410. The number of hydrogen-bond acceptors (Lipinski definition) is 5. The highest BCUT2D eigenvalue weighted by Gasteiger charge is 2.34. The fourth-order valence-electron chi connectivity index (χ4n) is 3.99. The number of allylic oxidation sites excluding steroid dienone is 1. The molecular formula is C25H20F2N4OS2. The summed E-state index contributed by atoms with van der Waals surface area (Å²) in [5.41, 5.74) is 2.92. The minimum absolute atomic E-state index is 0.283. The van der Waals surface area contributed by atoms with E-state index in [0.717, 1.165) is 23.3 Å². The Balaban J connectivity index is 1.56. The second-order valence-corrected chi connectivity index (χ2v) is 9.27. The second-order valence-electron chi connectivity index (χ2n) is 7.85. The topological polar surface area (TPSA) is 54.2 Å². The molecule has 1 N–H and O–H groups in total. The molecule has 9 heteroatoms. The van der Waals surface area contributed by atoms with Gasteiger partial charge in [-0.15, -0.1) is 11.3 Å². The number of benzene rings is 2. The van der Waals surface area contributed by atoms with Crippen LogP contribution in [0.1, 0.15) is 29.3 Å². The lowest BCUT2D eigenvalue weighted by molar-refractivity contribution is 0.397. The zero-order valence-electron chi connectivity index (χ0n) is 18.2. The highest BCUT2D eigenvalue weighted by Crippen LogP contribution is 2.37. The number of hydrogen-bond donors (Lipinski definition) is 1. The van der Waals surface area contributed by atoms with Crippen LogP contribution in [-0.4, -0.2) is 26.7 Å². The van der Waals surface area contributed by atoms with Crippen LogP contribution in [0.25, 0.3) is 17.0 Å². The van der Waals surface area contributed by atoms with E-state index in [1.54, 1.807) is 35.6 Å². The first kappa shape index (κ1) is 22.4. The number of thiocarbonyl (C=S) groups is 1. The Labute approximate surface area is 204 Å². The fraction of sp³-hybridized carbons (Fsp3) is 0.160. The molecule has 0 radical (unpaired) electrons. The van der Waals surface area contributed by atoms with Crippen LogP contribution in [0, 0.1) is 11.6 Å². The van der Waals surface area contributed by atoms with E-state index in [2.05, 4.69) is 21.5 Å². The van der Waals surface area contributed by atoms with Gasteiger partial charge in [0, 0.05) is 22.7 Å². The van der Waals surface area contributed by atoms with E-state index in [-0.39, 0.29) is 17.5 Å². The third kappa shape index (κ3) is 4.49. The number of thiophene rings is 1. The van der Waals surface area contributed by atoms with Gasteiger partial charge >= 0.3 is 0 Å². The smallest absolute Gasteiger partial charge is 0.258 e. The SMILES string of the molecule is CC1=C(c2nc(-c3cccc(F)c3)no2)C(c2ccc(F)cc2)NC(=S)N1CCc1cccs1. The van der Waals surface area contributed by atoms with Crippen molar-refractivity contribution in [3.05, 3.63) is 99.7 Å². The Morgan fingerprint density at radius 3 is 2.65 bits per heavy atom. The molecule has 3 heterocycles. The number of aromatic nitrogens is 2. The Morgan fingerprint density at radius 2 is 1.91 bits per heavy atom. The lowest BCUT2D eigenvalue weighted by Crippen LogP contribution is -2.46. The van der Waals surface area contributed by atoms with Gasteiger partial charge in [0.15, 0.2) is 5.11 Å². The molecule has 34 heavy (non-hydrogen) atoms. The molecule has 5 nitrogen and oxygen atoms in total. The molecule has 4 aromatic rings. The average molecular weight is 495 g/mol. The number of halogens is 2. The highest BCUT2D eigenvalue weighted by atomic mass is 32.1. The summed E-state index contributed by atoms with van der Waals surface area (Å²) in [5, 5.41) is 10.1. The summed E-state index contributed by atoms with van der Waals surface area (Å²) in [5.74, 6) is -0.130. The van der Waals surface area contributed by atoms with Gasteiger partial charge < -0.3 is 14.7 Å². The molecule has 5 rings (SSSR count). The average Bonchev–Trinajstić information content (AvgIpc) is 3.52. The Morgan fingerprint density at radius 1 is 1.09 bits per heavy atom. The molecule has 1 aliphatic heterocycles. The van der Waals surface area contributed by atoms with Gasteiger partial charge in [-0.3, -0.25) is 0 Å². The van der Waals surface area contributed by atoms with E-state index in [1.807, 2.05) is 23.3 Å². The van der Waals surface area contributed by atoms with Crippen molar-refractivity contribution in [1.82, 2.24) is 20.4 Å². The van der Waals surface area contributed by atoms with E-state index < -0.39 is 6.04 Å². The van der Waals surface area contributed by atoms with E-state index in [0.29, 0.717) is 23.1 Å². The molecule has 2 aromatic heterocycles. The van der Waals surface area contributed by atoms with E-state index >= 15 is 0 Å². The van der Waals surface area contributed by atoms with Gasteiger partial charge in [0.25, 0.3) is 5.89 Å². The molecule has 0 spiro atoms. The molecule has 0 fully saturated rings. The predicted molar refractivity (Wildman–Crippen MR) is 132 cm³/mol. The summed E-state index contributed by atoms with van der Waals surface area (Å²) in [6, 6.07) is 16.0. The lowest BCUT2D eigenvalue weighted by atomic mass is 9.94. The van der Waals surface area contributed by atoms with Gasteiger partial charge in [0.2, 0.25) is 5.82 Å². The fourth-order valence-corrected chi connectivity index (χ4v) is 5.03. The maximum Gasteiger partial charge on any atom is 0.258 e. The molecule has 0 aliphatic carbocycles. The quantitative estimate of drug-likeness (QED) is 0.333. The summed E-state index contributed by atoms with van der Waals surface area (Å²) >= 11 is 7.40. The zero-order chi connectivity index (χ0) is 23.7. The molecule has 0 saturated carbocycles. The van der Waals surface area contributed by atoms with Gasteiger partial charge in [0.05, 0.1) is 11.6 Å². The van der Waals surface area contributed by atoms with Crippen LogP contribution >= 0.6 is 23.6 Å². The van der Waals surface area contributed by atoms with Crippen LogP contribution in [-0.2, 0) is 6.42 Å². The van der Waals surface area contributed by atoms with E-state index in [4.69, 9.17) is 16.7 Å². The van der Waals surface area contributed by atoms with Crippen LogP contribution in [0.4, 0.5) is 8.78 Å². The van der Waals surface area contributed by atoms with Crippen molar-refractivity contribution in [2.45, 2.75) is 19.4 Å². The van der Waals surface area contributed by atoms with Gasteiger partial charge in [-0.25, -0.2) is 8.78 Å². The molecule has 1 aliphatic rings. The summed E-state index contributed by atoms with van der Waals surface area (Å²) < 4.78 is 33.0. The van der Waals surface area contributed by atoms with Gasteiger partial charge in [-0.2, -0.15) is 4.98 Å². The van der Waals surface area contributed by atoms with Crippen LogP contribution < -0.4 is 5.32 Å². The van der Waals surface area contributed by atoms with E-state index in [1.165, 1.54) is 29.1 Å². The second kappa shape index (κ2) is 9.44. The van der Waals surface area contributed by atoms with Gasteiger partial charge in [-0.05, 0) is 66.8 Å². The number of rotatable bonds is 6. The molecule has 0 amide bonds. The van der Waals surface area contributed by atoms with Crippen LogP contribution in [0.5, 0.6) is 0 Å². The van der Waals surface area contributed by atoms with Crippen molar-refractivity contribution in [2.24, 2.45) is 0 Å². The zero-order valence-corrected chi connectivity index (χ0v) is 19.8. The van der Waals surface area contributed by atoms with Crippen molar-refractivity contribution < 1.29 is 13.3 Å². The van der Waals surface area contributed by atoms with Gasteiger partial charge in [-0.1, -0.05) is 35.5 Å². The van der Waals surface area contributed by atoms with Crippen molar-refractivity contribution in [2.75, 3.05) is 6.54 Å². The van der Waals surface area contributed by atoms with E-state index in [9.17, 15) is 8.78 Å². The molecule has 1 atom stereocenters. The maximum atomic E-state index is 13.7. The first-order chi connectivity index (χ1) is 16.5. The third-order valence-corrected chi connectivity index (χ3v) is 6.98. The standard InChI is InChI=1S/C25H20F2N4OS2/c1-15-21(24-29-23(30-32-24)17-4-2-5-19(27)14-17)22(16-7-9-18(26)10-8-16)28-25(33)31(15)12-11-20-6-3-13-34-20/h2-10,13-14,22H,11-12H2,1H3,(H,28,33). The lowest BCUT2D eigenvalue weighted by Gasteiger charge is -2.37. The van der Waals surface area contributed by atoms with Crippen LogP contribution in [0.15, 0.2) is 76.3 Å². The normalized spacial score (nSPS) is 16.1. The number of nitrogens with zero attached hydrogens (tertiary/aromatic N) is 3. The molecule has 0 bridgehead atoms. The maximum absolute atomic E-state index is 13.7. The molecule has 2 aromatic carbocycles. The molecule has 172 valence electrons.